The van der Waals surface area contributed by atoms with Crippen LogP contribution in [0.3, 0.4) is 0 Å². The van der Waals surface area contributed by atoms with Crippen molar-refractivity contribution >= 4 is 33.3 Å². The maximum Gasteiger partial charge on any atom is 0.359 e. The molecule has 1 aliphatic heterocycles. The minimum atomic E-state index is -3.15. The van der Waals surface area contributed by atoms with Crippen LogP contribution in [0.2, 0.25) is 5.02 Å². The van der Waals surface area contributed by atoms with E-state index in [1.807, 2.05) is 19.9 Å². The zero-order valence-corrected chi connectivity index (χ0v) is 19.4. The van der Waals surface area contributed by atoms with Crippen LogP contribution in [0.4, 0.5) is 0 Å². The van der Waals surface area contributed by atoms with Crippen LogP contribution in [-0.4, -0.2) is 70.2 Å². The lowest BCUT2D eigenvalue weighted by atomic mass is 10.2. The molecule has 0 bridgehead atoms. The highest BCUT2D eigenvalue weighted by Gasteiger charge is 2.36. The average molecular weight is 469 g/mol. The van der Waals surface area contributed by atoms with Gasteiger partial charge >= 0.3 is 5.97 Å². The predicted octanol–water partition coefficient (Wildman–Crippen LogP) is 2.12. The van der Waals surface area contributed by atoms with Crippen molar-refractivity contribution in [1.29, 1.82) is 0 Å². The number of ether oxygens (including phenoxy) is 1. The molecule has 3 heterocycles. The molecule has 2 atom stereocenters. The van der Waals surface area contributed by atoms with Gasteiger partial charge in [-0.3, -0.25) is 4.79 Å². The number of likely N-dealkylation sites (N-methyl/N-ethyl adjacent to an activating group) is 1. The maximum atomic E-state index is 12.8. The molecular formula is C20H25ClN4O5S. The van der Waals surface area contributed by atoms with Crippen LogP contribution in [0.5, 0.6) is 0 Å². The van der Waals surface area contributed by atoms with Gasteiger partial charge in [0.1, 0.15) is 0 Å². The summed E-state index contributed by atoms with van der Waals surface area (Å²) in [4.78, 5) is 31.3. The van der Waals surface area contributed by atoms with Gasteiger partial charge in [-0.25, -0.2) is 22.9 Å². The summed E-state index contributed by atoms with van der Waals surface area (Å²) in [5, 5.41) is 4.43. The third-order valence-electron chi connectivity index (χ3n) is 5.16. The van der Waals surface area contributed by atoms with Crippen LogP contribution in [0.15, 0.2) is 18.2 Å². The van der Waals surface area contributed by atoms with Gasteiger partial charge in [0.15, 0.2) is 27.5 Å². The monoisotopic (exact) mass is 468 g/mol. The number of carbonyl (C=O) groups excluding carboxylic acids is 2. The van der Waals surface area contributed by atoms with E-state index in [9.17, 15) is 18.0 Å². The maximum absolute atomic E-state index is 12.8. The van der Waals surface area contributed by atoms with E-state index in [-0.39, 0.29) is 22.2 Å². The number of rotatable bonds is 6. The Hall–Kier alpha value is -2.46. The average Bonchev–Trinajstić information content (AvgIpc) is 3.23. The normalized spacial score (nSPS) is 18.5. The third-order valence-corrected chi connectivity index (χ3v) is 7.21. The summed E-state index contributed by atoms with van der Waals surface area (Å²) in [5.74, 6) is -0.931. The van der Waals surface area contributed by atoms with Crippen LogP contribution in [-0.2, 0) is 19.4 Å². The zero-order valence-electron chi connectivity index (χ0n) is 17.8. The molecule has 11 heteroatoms. The second kappa shape index (κ2) is 8.96. The Bertz CT molecular complexity index is 1110. The second-order valence-corrected chi connectivity index (χ2v) is 10.2. The Morgan fingerprint density at radius 1 is 1.35 bits per heavy atom. The first-order valence-electron chi connectivity index (χ1n) is 9.94. The first kappa shape index (κ1) is 23.2. The molecular weight excluding hydrogens is 444 g/mol. The van der Waals surface area contributed by atoms with Gasteiger partial charge in [-0.15, -0.1) is 0 Å². The van der Waals surface area contributed by atoms with E-state index in [1.54, 1.807) is 17.7 Å². The Morgan fingerprint density at radius 2 is 2.06 bits per heavy atom. The van der Waals surface area contributed by atoms with Gasteiger partial charge in [0, 0.05) is 18.3 Å². The predicted molar refractivity (Wildman–Crippen MR) is 115 cm³/mol. The van der Waals surface area contributed by atoms with E-state index in [0.717, 1.165) is 11.4 Å². The molecule has 2 aromatic rings. The summed E-state index contributed by atoms with van der Waals surface area (Å²) < 4.78 is 30.5. The highest BCUT2D eigenvalue weighted by molar-refractivity contribution is 7.91. The van der Waals surface area contributed by atoms with Gasteiger partial charge in [0.2, 0.25) is 0 Å². The van der Waals surface area contributed by atoms with Crippen LogP contribution in [0.1, 0.15) is 42.1 Å². The largest absolute Gasteiger partial charge is 0.448 e. The highest BCUT2D eigenvalue weighted by Crippen LogP contribution is 2.21. The smallest absolute Gasteiger partial charge is 0.359 e. The van der Waals surface area contributed by atoms with Crippen LogP contribution >= 0.6 is 11.6 Å². The number of hydrogen-bond acceptors (Lipinski definition) is 7. The first-order chi connectivity index (χ1) is 14.5. The number of aryl methyl sites for hydroxylation is 2. The van der Waals surface area contributed by atoms with E-state index in [4.69, 9.17) is 16.3 Å². The lowest BCUT2D eigenvalue weighted by Crippen LogP contribution is -2.46. The van der Waals surface area contributed by atoms with E-state index in [0.29, 0.717) is 18.8 Å². The lowest BCUT2D eigenvalue weighted by molar-refractivity contribution is -0.141. The van der Waals surface area contributed by atoms with Gasteiger partial charge < -0.3 is 9.64 Å². The molecule has 0 aliphatic carbocycles. The first-order valence-corrected chi connectivity index (χ1v) is 12.1. The fourth-order valence-electron chi connectivity index (χ4n) is 3.67. The molecule has 2 unspecified atom stereocenters. The van der Waals surface area contributed by atoms with Crippen molar-refractivity contribution in [3.63, 3.8) is 0 Å². The fourth-order valence-corrected chi connectivity index (χ4v) is 5.58. The van der Waals surface area contributed by atoms with E-state index < -0.39 is 33.9 Å². The van der Waals surface area contributed by atoms with E-state index >= 15 is 0 Å². The van der Waals surface area contributed by atoms with Crippen LogP contribution in [0, 0.1) is 13.8 Å². The minimum Gasteiger partial charge on any atom is -0.448 e. The fraction of sp³-hybridized carbons (Fsp3) is 0.500. The van der Waals surface area contributed by atoms with Crippen LogP contribution < -0.4 is 0 Å². The van der Waals surface area contributed by atoms with Crippen molar-refractivity contribution in [1.82, 2.24) is 19.7 Å². The number of halogens is 1. The quantitative estimate of drug-likeness (QED) is 0.597. The lowest BCUT2D eigenvalue weighted by Gasteiger charge is -2.29. The number of sulfone groups is 1. The standard InChI is InChI=1S/C20H25ClN4O5S/c1-5-24(15-8-9-31(28,29)11-15)19(26)14(4)30-20(27)18-16(21)6-7-17(22-18)25-13(3)10-12(2)23-25/h6-7,10,14-15H,5,8-9,11H2,1-4H3. The topological polar surface area (TPSA) is 111 Å². The van der Waals surface area contributed by atoms with Gasteiger partial charge in [-0.1, -0.05) is 11.6 Å². The summed E-state index contributed by atoms with van der Waals surface area (Å²) in [5.41, 5.74) is 1.50. The Kier molecular flexibility index (Phi) is 6.70. The SMILES string of the molecule is CCN(C(=O)C(C)OC(=O)c1nc(-n2nc(C)cc2C)ccc1Cl)C1CCS(=O)(=O)C1. The molecule has 168 valence electrons. The number of nitrogens with zero attached hydrogens (tertiary/aromatic N) is 4. The van der Waals surface area contributed by atoms with Crippen molar-refractivity contribution in [2.45, 2.75) is 46.3 Å². The van der Waals surface area contributed by atoms with Gasteiger partial charge in [-0.05, 0) is 52.3 Å². The molecule has 0 aromatic carbocycles. The summed E-state index contributed by atoms with van der Waals surface area (Å²) in [6.45, 7) is 7.22. The molecule has 1 aliphatic rings. The molecule has 2 aromatic heterocycles. The summed E-state index contributed by atoms with van der Waals surface area (Å²) in [6.07, 6.45) is -0.744. The summed E-state index contributed by atoms with van der Waals surface area (Å²) in [7, 11) is -3.15. The Balaban J connectivity index is 1.76. The Labute approximate surface area is 186 Å². The molecule has 0 N–H and O–H groups in total. The number of hydrogen-bond donors (Lipinski definition) is 0. The van der Waals surface area contributed by atoms with Gasteiger partial charge in [0.25, 0.3) is 5.91 Å². The van der Waals surface area contributed by atoms with Gasteiger partial charge in [-0.2, -0.15) is 5.10 Å². The molecule has 1 fully saturated rings. The molecule has 1 amide bonds. The van der Waals surface area contributed by atoms with Crippen molar-refractivity contribution < 1.29 is 22.7 Å². The second-order valence-electron chi connectivity index (χ2n) is 7.57. The molecule has 0 saturated carbocycles. The molecule has 0 radical (unpaired) electrons. The number of aromatic nitrogens is 3. The van der Waals surface area contributed by atoms with Crippen LogP contribution in [0.25, 0.3) is 5.82 Å². The summed E-state index contributed by atoms with van der Waals surface area (Å²) >= 11 is 6.16. The molecule has 3 rings (SSSR count). The van der Waals surface area contributed by atoms with E-state index in [2.05, 4.69) is 10.1 Å². The number of esters is 1. The number of amides is 1. The highest BCUT2D eigenvalue weighted by atomic mass is 35.5. The van der Waals surface area contributed by atoms with E-state index in [1.165, 1.54) is 17.9 Å². The molecule has 31 heavy (non-hydrogen) atoms. The third kappa shape index (κ3) is 5.07. The van der Waals surface area contributed by atoms with Crippen molar-refractivity contribution in [2.24, 2.45) is 0 Å². The molecule has 1 saturated heterocycles. The molecule has 0 spiro atoms. The van der Waals surface area contributed by atoms with Gasteiger partial charge in [0.05, 0.1) is 22.2 Å². The Morgan fingerprint density at radius 3 is 2.61 bits per heavy atom. The van der Waals surface area contributed by atoms with Crippen molar-refractivity contribution in [3.05, 3.63) is 40.3 Å². The number of pyridine rings is 1. The van der Waals surface area contributed by atoms with Crippen molar-refractivity contribution in [2.75, 3.05) is 18.1 Å². The molecule has 9 nitrogen and oxygen atoms in total. The number of carbonyl (C=O) groups is 2. The zero-order chi connectivity index (χ0) is 22.9. The summed E-state index contributed by atoms with van der Waals surface area (Å²) in [6, 6.07) is 4.61. The van der Waals surface area contributed by atoms with Crippen molar-refractivity contribution in [3.8, 4) is 5.82 Å². The minimum absolute atomic E-state index is 0.0499.